The molecule has 5 nitrogen and oxygen atoms in total. The van der Waals surface area contributed by atoms with Crippen LogP contribution in [0.15, 0.2) is 48.6 Å². The number of rotatable bonds is 13. The van der Waals surface area contributed by atoms with Gasteiger partial charge in [0.25, 0.3) is 0 Å². The molecule has 0 aromatic heterocycles. The highest BCUT2D eigenvalue weighted by Crippen LogP contribution is 2.22. The van der Waals surface area contributed by atoms with Gasteiger partial charge in [-0.3, -0.25) is 9.59 Å². The Bertz CT molecular complexity index is 878. The van der Waals surface area contributed by atoms with E-state index in [0.29, 0.717) is 29.9 Å². The number of ether oxygens (including phenoxy) is 1. The normalized spacial score (nSPS) is 12.1. The lowest BCUT2D eigenvalue weighted by atomic mass is 9.95. The van der Waals surface area contributed by atoms with Crippen LogP contribution in [-0.2, 0) is 4.79 Å². The van der Waals surface area contributed by atoms with Crippen molar-refractivity contribution in [2.24, 2.45) is 5.92 Å². The Morgan fingerprint density at radius 2 is 1.97 bits per heavy atom. The van der Waals surface area contributed by atoms with Crippen LogP contribution in [-0.4, -0.2) is 30.1 Å². The molecule has 0 aliphatic carbocycles. The predicted octanol–water partition coefficient (Wildman–Crippen LogP) is 5.85. The molecule has 1 atom stereocenters. The summed E-state index contributed by atoms with van der Waals surface area (Å²) in [6.07, 6.45) is 9.76. The summed E-state index contributed by atoms with van der Waals surface area (Å²) < 4.78 is 5.21. The van der Waals surface area contributed by atoms with E-state index in [0.717, 1.165) is 24.0 Å². The van der Waals surface area contributed by atoms with Crippen molar-refractivity contribution in [1.82, 2.24) is 0 Å². The average Bonchev–Trinajstić information content (AvgIpc) is 2.72. The molecule has 1 rings (SSSR count). The van der Waals surface area contributed by atoms with E-state index in [1.54, 1.807) is 30.4 Å². The number of benzene rings is 1. The molecule has 0 aliphatic rings. The van der Waals surface area contributed by atoms with E-state index < -0.39 is 0 Å². The summed E-state index contributed by atoms with van der Waals surface area (Å²) >= 11 is 0. The monoisotopic (exact) mass is 408 g/mol. The van der Waals surface area contributed by atoms with Crippen LogP contribution in [0.5, 0.6) is 5.75 Å². The van der Waals surface area contributed by atoms with Crippen molar-refractivity contribution in [3.05, 3.63) is 59.7 Å². The van der Waals surface area contributed by atoms with Gasteiger partial charge in [0.1, 0.15) is 11.5 Å². The minimum atomic E-state index is -0.379. The van der Waals surface area contributed by atoms with Gasteiger partial charge in [-0.25, -0.2) is 0 Å². The summed E-state index contributed by atoms with van der Waals surface area (Å²) in [5.74, 6) is 0.140. The number of carbonyl (C=O) groups excluding carboxylic acids is 2. The lowest BCUT2D eigenvalue weighted by molar-refractivity contribution is -0.121. The van der Waals surface area contributed by atoms with Crippen molar-refractivity contribution < 1.29 is 14.3 Å². The molecule has 30 heavy (non-hydrogen) atoms. The summed E-state index contributed by atoms with van der Waals surface area (Å²) in [6, 6.07) is 5.18. The third kappa shape index (κ3) is 7.74. The van der Waals surface area contributed by atoms with Crippen LogP contribution in [0.4, 0.5) is 0 Å². The molecule has 0 heterocycles. The van der Waals surface area contributed by atoms with Crippen molar-refractivity contribution >= 4 is 29.1 Å². The predicted molar refractivity (Wildman–Crippen MR) is 124 cm³/mol. The molecular weight excluding hydrogens is 376 g/mol. The van der Waals surface area contributed by atoms with Gasteiger partial charge in [-0.2, -0.15) is 0 Å². The third-order valence-electron chi connectivity index (χ3n) is 4.82. The number of ketones is 2. The fraction of sp³-hybridized carbons (Fsp3) is 0.360. The standard InChI is InChI=1S/C25H32N2O3/c1-6-9-22(27)17(2)10-7-11-18(3)23(28)13-8-12-20-14-15-24(30-5)21(16-20)25(29)19(4)26/h6,8-9,12,14-16,18,26-27H,2,7,10-11,13H2,1,3-5H3/b9-6+,12-8+,26-19?,27-22?. The van der Waals surface area contributed by atoms with Crippen molar-refractivity contribution in [1.29, 1.82) is 10.8 Å². The van der Waals surface area contributed by atoms with Gasteiger partial charge in [0.2, 0.25) is 5.78 Å². The largest absolute Gasteiger partial charge is 0.496 e. The fourth-order valence-electron chi connectivity index (χ4n) is 2.92. The number of Topliss-reactive ketones (excluding diaryl/α,β-unsaturated/α-hetero) is 2. The molecule has 1 aromatic carbocycles. The molecule has 1 aromatic rings. The topological polar surface area (TPSA) is 91.1 Å². The molecule has 0 aliphatic heterocycles. The Morgan fingerprint density at radius 3 is 2.57 bits per heavy atom. The van der Waals surface area contributed by atoms with Crippen LogP contribution in [0.1, 0.15) is 62.4 Å². The number of methoxy groups -OCH3 is 1. The number of nitrogens with one attached hydrogen (secondary N) is 2. The first-order valence-corrected chi connectivity index (χ1v) is 10.1. The lowest BCUT2D eigenvalue weighted by Gasteiger charge is -2.10. The Kier molecular flexibility index (Phi) is 10.4. The maximum absolute atomic E-state index is 12.4. The summed E-state index contributed by atoms with van der Waals surface area (Å²) in [7, 11) is 1.49. The second-order valence-electron chi connectivity index (χ2n) is 7.30. The molecule has 5 heteroatoms. The maximum atomic E-state index is 12.4. The summed E-state index contributed by atoms with van der Waals surface area (Å²) in [4.78, 5) is 24.5. The van der Waals surface area contributed by atoms with E-state index in [9.17, 15) is 9.59 Å². The highest BCUT2D eigenvalue weighted by molar-refractivity contribution is 6.44. The van der Waals surface area contributed by atoms with Crippen LogP contribution in [0, 0.1) is 16.7 Å². The van der Waals surface area contributed by atoms with Gasteiger partial charge in [0.05, 0.1) is 24.1 Å². The van der Waals surface area contributed by atoms with Gasteiger partial charge in [-0.1, -0.05) is 37.8 Å². The van der Waals surface area contributed by atoms with Gasteiger partial charge in [0, 0.05) is 12.3 Å². The number of hydrogen-bond acceptors (Lipinski definition) is 5. The maximum Gasteiger partial charge on any atom is 0.209 e. The molecule has 1 unspecified atom stereocenters. The average molecular weight is 409 g/mol. The Hall–Kier alpha value is -3.08. The fourth-order valence-corrected chi connectivity index (χ4v) is 2.92. The summed E-state index contributed by atoms with van der Waals surface area (Å²) in [5.41, 5.74) is 2.30. The molecule has 0 bridgehead atoms. The van der Waals surface area contributed by atoms with E-state index >= 15 is 0 Å². The molecule has 0 fully saturated rings. The van der Waals surface area contributed by atoms with Crippen molar-refractivity contribution in [3.8, 4) is 5.75 Å². The minimum absolute atomic E-state index is 0.0537. The van der Waals surface area contributed by atoms with Crippen LogP contribution in [0.2, 0.25) is 0 Å². The van der Waals surface area contributed by atoms with E-state index in [1.807, 2.05) is 26.0 Å². The zero-order chi connectivity index (χ0) is 22.7. The first-order valence-electron chi connectivity index (χ1n) is 10.1. The molecule has 0 amide bonds. The molecule has 2 N–H and O–H groups in total. The van der Waals surface area contributed by atoms with Gasteiger partial charge in [-0.15, -0.1) is 0 Å². The van der Waals surface area contributed by atoms with Gasteiger partial charge in [0.15, 0.2) is 0 Å². The SMILES string of the molecule is C=C(CCCC(C)C(=O)C/C=C/c1ccc(OC)c(C(=O)C(C)=N)c1)C(=N)/C=C/C. The van der Waals surface area contributed by atoms with E-state index in [-0.39, 0.29) is 23.2 Å². The van der Waals surface area contributed by atoms with E-state index in [2.05, 4.69) is 6.58 Å². The Balaban J connectivity index is 2.62. The minimum Gasteiger partial charge on any atom is -0.496 e. The highest BCUT2D eigenvalue weighted by Gasteiger charge is 2.15. The van der Waals surface area contributed by atoms with E-state index in [1.165, 1.54) is 14.0 Å². The van der Waals surface area contributed by atoms with Crippen molar-refractivity contribution in [3.63, 3.8) is 0 Å². The quantitative estimate of drug-likeness (QED) is 0.317. The van der Waals surface area contributed by atoms with Gasteiger partial charge in [-0.05, 0) is 62.5 Å². The number of carbonyl (C=O) groups is 2. The molecule has 160 valence electrons. The first kappa shape index (κ1) is 25.0. The third-order valence-corrected chi connectivity index (χ3v) is 4.82. The highest BCUT2D eigenvalue weighted by atomic mass is 16.5. The van der Waals surface area contributed by atoms with Gasteiger partial charge < -0.3 is 15.6 Å². The van der Waals surface area contributed by atoms with Crippen molar-refractivity contribution in [2.75, 3.05) is 7.11 Å². The van der Waals surface area contributed by atoms with Crippen LogP contribution in [0.25, 0.3) is 6.08 Å². The van der Waals surface area contributed by atoms with Crippen LogP contribution >= 0.6 is 0 Å². The molecule has 0 spiro atoms. The van der Waals surface area contributed by atoms with Gasteiger partial charge >= 0.3 is 0 Å². The lowest BCUT2D eigenvalue weighted by Crippen LogP contribution is -2.11. The Labute approximate surface area is 179 Å². The summed E-state index contributed by atoms with van der Waals surface area (Å²) in [6.45, 7) is 9.16. The van der Waals surface area contributed by atoms with Crippen molar-refractivity contribution in [2.45, 2.75) is 46.5 Å². The number of allylic oxidation sites excluding steroid dienone is 4. The summed E-state index contributed by atoms with van der Waals surface area (Å²) in [5, 5.41) is 15.4. The molecular formula is C25H32N2O3. The first-order chi connectivity index (χ1) is 14.2. The molecule has 0 saturated carbocycles. The Morgan fingerprint density at radius 1 is 1.27 bits per heavy atom. The zero-order valence-electron chi connectivity index (χ0n) is 18.4. The van der Waals surface area contributed by atoms with E-state index in [4.69, 9.17) is 15.6 Å². The number of hydrogen-bond donors (Lipinski definition) is 2. The zero-order valence-corrected chi connectivity index (χ0v) is 18.4. The molecule has 0 radical (unpaired) electrons. The smallest absolute Gasteiger partial charge is 0.209 e. The van der Waals surface area contributed by atoms with Crippen LogP contribution in [0.3, 0.4) is 0 Å². The second-order valence-corrected chi connectivity index (χ2v) is 7.30. The van der Waals surface area contributed by atoms with Crippen LogP contribution < -0.4 is 4.74 Å². The molecule has 0 saturated heterocycles. The second kappa shape index (κ2) is 12.5.